The molecule has 8 nitrogen and oxygen atoms in total. The minimum Gasteiger partial charge on any atom is -0.496 e. The molecule has 0 unspecified atom stereocenters. The van der Waals surface area contributed by atoms with Gasteiger partial charge in [0.2, 0.25) is 0 Å². The minimum atomic E-state index is -0.751. The number of nitrogens with one attached hydrogen (secondary N) is 3. The third-order valence-corrected chi connectivity index (χ3v) is 5.63. The van der Waals surface area contributed by atoms with E-state index in [9.17, 15) is 14.0 Å². The van der Waals surface area contributed by atoms with Gasteiger partial charge in [-0.05, 0) is 73.0 Å². The molecule has 35 heavy (non-hydrogen) atoms. The molecule has 0 fully saturated rings. The largest absolute Gasteiger partial charge is 0.496 e. The van der Waals surface area contributed by atoms with Gasteiger partial charge in [-0.15, -0.1) is 11.8 Å². The third kappa shape index (κ3) is 5.98. The fourth-order valence-corrected chi connectivity index (χ4v) is 3.80. The van der Waals surface area contributed by atoms with E-state index in [1.54, 1.807) is 55.4 Å². The third-order valence-electron chi connectivity index (χ3n) is 4.88. The second kappa shape index (κ2) is 10.7. The maximum Gasteiger partial charge on any atom is 0.327 e. The summed E-state index contributed by atoms with van der Waals surface area (Å²) in [6.45, 7) is 0. The summed E-state index contributed by atoms with van der Waals surface area (Å²) in [5.74, 6) is 1.46. The number of halogens is 1. The number of carbonyl (C=O) groups excluding carboxylic acids is 2. The van der Waals surface area contributed by atoms with Crippen LogP contribution in [0.25, 0.3) is 10.9 Å². The second-order valence-electron chi connectivity index (χ2n) is 7.20. The smallest absolute Gasteiger partial charge is 0.327 e. The number of nitrogens with zero attached hydrogens (tertiary/aromatic N) is 1. The molecular weight excluding hydrogens is 471 g/mol. The van der Waals surface area contributed by atoms with Crippen LogP contribution in [0.4, 0.5) is 25.4 Å². The molecule has 10 heteroatoms. The normalized spacial score (nSPS) is 10.5. The van der Waals surface area contributed by atoms with Crippen LogP contribution >= 0.6 is 11.8 Å². The van der Waals surface area contributed by atoms with Crippen LogP contribution in [0.5, 0.6) is 17.2 Å². The van der Waals surface area contributed by atoms with Crippen molar-refractivity contribution in [2.75, 3.05) is 24.0 Å². The molecule has 0 aliphatic carbocycles. The number of carbonyl (C=O) groups is 2. The van der Waals surface area contributed by atoms with Crippen molar-refractivity contribution >= 4 is 46.1 Å². The van der Waals surface area contributed by atoms with Crippen LogP contribution in [0.2, 0.25) is 0 Å². The van der Waals surface area contributed by atoms with Crippen molar-refractivity contribution in [2.45, 2.75) is 4.90 Å². The van der Waals surface area contributed by atoms with Gasteiger partial charge in [-0.3, -0.25) is 10.3 Å². The number of methoxy groups -OCH3 is 1. The first kappa shape index (κ1) is 23.8. The SMILES string of the molecule is COc1cc2c(Oc3ccc(NC(=O)NC(=O)Nc4ccc(F)cc4)cc3)ccnc2cc1SC. The van der Waals surface area contributed by atoms with Crippen LogP contribution in [-0.4, -0.2) is 30.4 Å². The Morgan fingerprint density at radius 2 is 1.51 bits per heavy atom. The minimum absolute atomic E-state index is 0.351. The Morgan fingerprint density at radius 1 is 0.886 bits per heavy atom. The molecule has 178 valence electrons. The number of hydrogen-bond acceptors (Lipinski definition) is 6. The quantitative estimate of drug-likeness (QED) is 0.275. The van der Waals surface area contributed by atoms with E-state index in [2.05, 4.69) is 20.9 Å². The van der Waals surface area contributed by atoms with Gasteiger partial charge in [0.1, 0.15) is 23.1 Å². The van der Waals surface area contributed by atoms with Crippen LogP contribution < -0.4 is 25.4 Å². The van der Waals surface area contributed by atoms with E-state index in [4.69, 9.17) is 9.47 Å². The summed E-state index contributed by atoms with van der Waals surface area (Å²) in [6.07, 6.45) is 3.64. The number of rotatable bonds is 6. The zero-order chi connectivity index (χ0) is 24.8. The number of amides is 4. The Bertz CT molecular complexity index is 1360. The van der Waals surface area contributed by atoms with Crippen molar-refractivity contribution in [2.24, 2.45) is 0 Å². The molecule has 1 aromatic heterocycles. The van der Waals surface area contributed by atoms with Crippen LogP contribution in [0.15, 0.2) is 77.8 Å². The molecule has 0 saturated carbocycles. The first-order valence-corrected chi connectivity index (χ1v) is 11.6. The number of imide groups is 1. The Morgan fingerprint density at radius 3 is 2.11 bits per heavy atom. The zero-order valence-electron chi connectivity index (χ0n) is 18.8. The van der Waals surface area contributed by atoms with Gasteiger partial charge >= 0.3 is 12.1 Å². The summed E-state index contributed by atoms with van der Waals surface area (Å²) >= 11 is 1.57. The zero-order valence-corrected chi connectivity index (χ0v) is 19.6. The van der Waals surface area contributed by atoms with E-state index in [0.717, 1.165) is 21.5 Å². The summed E-state index contributed by atoms with van der Waals surface area (Å²) < 4.78 is 24.5. The molecule has 1 heterocycles. The molecule has 3 N–H and O–H groups in total. The highest BCUT2D eigenvalue weighted by Crippen LogP contribution is 2.36. The first-order chi connectivity index (χ1) is 16.9. The molecular formula is C25H21FN4O4S. The van der Waals surface area contributed by atoms with Gasteiger partial charge in [-0.25, -0.2) is 14.0 Å². The monoisotopic (exact) mass is 492 g/mol. The standard InChI is InChI=1S/C25H21FN4O4S/c1-33-22-13-19-20(14-23(22)35-2)27-12-11-21(19)34-18-9-7-17(8-10-18)29-25(32)30-24(31)28-16-5-3-15(26)4-6-16/h3-14H,1-2H3,(H3,28,29,30,31,32). The summed E-state index contributed by atoms with van der Waals surface area (Å²) in [4.78, 5) is 29.4. The number of thioether (sulfide) groups is 1. The van der Waals surface area contributed by atoms with E-state index < -0.39 is 17.9 Å². The maximum atomic E-state index is 12.9. The highest BCUT2D eigenvalue weighted by atomic mass is 32.2. The van der Waals surface area contributed by atoms with Gasteiger partial charge < -0.3 is 20.1 Å². The van der Waals surface area contributed by atoms with Crippen molar-refractivity contribution in [1.29, 1.82) is 0 Å². The summed E-state index contributed by atoms with van der Waals surface area (Å²) in [7, 11) is 1.62. The Kier molecular flexibility index (Phi) is 7.32. The molecule has 0 bridgehead atoms. The molecule has 4 aromatic rings. The van der Waals surface area contributed by atoms with Gasteiger partial charge in [-0.1, -0.05) is 0 Å². The van der Waals surface area contributed by atoms with Gasteiger partial charge in [0.15, 0.2) is 0 Å². The predicted molar refractivity (Wildman–Crippen MR) is 134 cm³/mol. The van der Waals surface area contributed by atoms with E-state index >= 15 is 0 Å². The van der Waals surface area contributed by atoms with Crippen LogP contribution in [-0.2, 0) is 0 Å². The Labute approximate surface area is 204 Å². The fraction of sp³-hybridized carbons (Fsp3) is 0.0800. The number of fused-ring (bicyclic) bond motifs is 1. The van der Waals surface area contributed by atoms with Gasteiger partial charge in [0, 0.05) is 23.0 Å². The van der Waals surface area contributed by atoms with Crippen molar-refractivity contribution in [1.82, 2.24) is 10.3 Å². The average molecular weight is 493 g/mol. The number of hydrogen-bond donors (Lipinski definition) is 3. The van der Waals surface area contributed by atoms with Gasteiger partial charge in [-0.2, -0.15) is 0 Å². The molecule has 3 aromatic carbocycles. The molecule has 4 rings (SSSR count). The fourth-order valence-electron chi connectivity index (χ4n) is 3.23. The highest BCUT2D eigenvalue weighted by molar-refractivity contribution is 7.98. The average Bonchev–Trinajstić information content (AvgIpc) is 2.85. The lowest BCUT2D eigenvalue weighted by atomic mass is 10.2. The van der Waals surface area contributed by atoms with Crippen molar-refractivity contribution < 1.29 is 23.5 Å². The van der Waals surface area contributed by atoms with E-state index in [1.165, 1.54) is 24.3 Å². The number of ether oxygens (including phenoxy) is 2. The number of aromatic nitrogens is 1. The summed E-state index contributed by atoms with van der Waals surface area (Å²) in [6, 6.07) is 16.0. The first-order valence-electron chi connectivity index (χ1n) is 10.4. The molecule has 0 radical (unpaired) electrons. The highest BCUT2D eigenvalue weighted by Gasteiger charge is 2.12. The van der Waals surface area contributed by atoms with Crippen LogP contribution in [0.3, 0.4) is 0 Å². The van der Waals surface area contributed by atoms with Crippen LogP contribution in [0, 0.1) is 5.82 Å². The van der Waals surface area contributed by atoms with E-state index in [1.807, 2.05) is 18.4 Å². The molecule has 0 atom stereocenters. The number of pyridine rings is 1. The maximum absolute atomic E-state index is 12.9. The summed E-state index contributed by atoms with van der Waals surface area (Å²) in [5.41, 5.74) is 1.58. The lowest BCUT2D eigenvalue weighted by Crippen LogP contribution is -2.37. The topological polar surface area (TPSA) is 102 Å². The van der Waals surface area contributed by atoms with Gasteiger partial charge in [0.05, 0.1) is 17.5 Å². The van der Waals surface area contributed by atoms with Crippen molar-refractivity contribution in [3.05, 3.63) is 78.7 Å². The Hall–Kier alpha value is -4.31. The molecule has 4 amide bonds. The van der Waals surface area contributed by atoms with E-state index in [-0.39, 0.29) is 0 Å². The Balaban J connectivity index is 1.39. The second-order valence-corrected chi connectivity index (χ2v) is 8.05. The number of benzene rings is 3. The lowest BCUT2D eigenvalue weighted by molar-refractivity contribution is 0.240. The van der Waals surface area contributed by atoms with Crippen LogP contribution in [0.1, 0.15) is 0 Å². The number of urea groups is 2. The molecule has 0 aliphatic heterocycles. The lowest BCUT2D eigenvalue weighted by Gasteiger charge is -2.12. The number of anilines is 2. The van der Waals surface area contributed by atoms with Gasteiger partial charge in [0.25, 0.3) is 0 Å². The predicted octanol–water partition coefficient (Wildman–Crippen LogP) is 6.25. The van der Waals surface area contributed by atoms with Crippen molar-refractivity contribution in [3.63, 3.8) is 0 Å². The summed E-state index contributed by atoms with van der Waals surface area (Å²) in [5, 5.41) is 7.94. The molecule has 0 saturated heterocycles. The van der Waals surface area contributed by atoms with E-state index in [0.29, 0.717) is 22.9 Å². The molecule has 0 aliphatic rings. The van der Waals surface area contributed by atoms with Crippen molar-refractivity contribution in [3.8, 4) is 17.2 Å². The molecule has 0 spiro atoms.